The van der Waals surface area contributed by atoms with Crippen molar-refractivity contribution in [3.05, 3.63) is 29.8 Å². The lowest BCUT2D eigenvalue weighted by Crippen LogP contribution is -2.54. The molecule has 5 aliphatic rings. The molecule has 4 saturated carbocycles. The fraction of sp³-hybridized carbons (Fsp3) is 0.708. The first-order valence-electron chi connectivity index (χ1n) is 11.7. The Morgan fingerprint density at radius 2 is 1.67 bits per heavy atom. The average molecular weight is 431 g/mol. The second-order valence-electron chi connectivity index (χ2n) is 10.6. The van der Waals surface area contributed by atoms with E-state index < -0.39 is 10.0 Å². The van der Waals surface area contributed by atoms with Gasteiger partial charge in [0.05, 0.1) is 4.90 Å². The van der Waals surface area contributed by atoms with Crippen LogP contribution in [0.25, 0.3) is 0 Å². The second-order valence-corrected chi connectivity index (χ2v) is 12.5. The lowest BCUT2D eigenvalue weighted by atomic mass is 9.49. The number of piperidine rings is 1. The molecule has 1 atom stereocenters. The summed E-state index contributed by atoms with van der Waals surface area (Å²) in [6.45, 7) is 3.62. The molecule has 1 aromatic carbocycles. The SMILES string of the molecule is Cc1ccc(S(=O)(=O)N2CCCC(CNC(=O)C34CC5CC(CC(C5)C3)C4)C2)cc1. The molecule has 1 N–H and O–H groups in total. The molecule has 6 rings (SSSR count). The van der Waals surface area contributed by atoms with Crippen molar-refractivity contribution in [2.24, 2.45) is 29.1 Å². The van der Waals surface area contributed by atoms with Gasteiger partial charge in [0.2, 0.25) is 15.9 Å². The van der Waals surface area contributed by atoms with Crippen LogP contribution in [0.5, 0.6) is 0 Å². The predicted molar refractivity (Wildman–Crippen MR) is 116 cm³/mol. The van der Waals surface area contributed by atoms with E-state index in [0.717, 1.165) is 55.4 Å². The molecular formula is C24H34N2O3S. The van der Waals surface area contributed by atoms with Crippen molar-refractivity contribution in [2.75, 3.05) is 19.6 Å². The number of nitrogens with one attached hydrogen (secondary N) is 1. The van der Waals surface area contributed by atoms with Crippen LogP contribution >= 0.6 is 0 Å². The van der Waals surface area contributed by atoms with Crippen LogP contribution in [0, 0.1) is 36.0 Å². The van der Waals surface area contributed by atoms with Crippen LogP contribution in [0.4, 0.5) is 0 Å². The van der Waals surface area contributed by atoms with E-state index in [9.17, 15) is 13.2 Å². The zero-order valence-corrected chi connectivity index (χ0v) is 18.8. The third-order valence-electron chi connectivity index (χ3n) is 8.21. The summed E-state index contributed by atoms with van der Waals surface area (Å²) in [6.07, 6.45) is 9.04. The summed E-state index contributed by atoms with van der Waals surface area (Å²) in [7, 11) is -3.47. The standard InChI is InChI=1S/C24H34N2O3S/c1-17-4-6-22(7-5-17)30(28,29)26-8-2-3-18(16-26)15-25-23(27)24-12-19-9-20(13-24)11-21(10-19)14-24/h4-7,18-21H,2-3,8-16H2,1H3,(H,25,27). The van der Waals surface area contributed by atoms with Crippen molar-refractivity contribution < 1.29 is 13.2 Å². The number of benzene rings is 1. The van der Waals surface area contributed by atoms with Gasteiger partial charge >= 0.3 is 0 Å². The number of hydrogen-bond donors (Lipinski definition) is 1. The lowest BCUT2D eigenvalue weighted by molar-refractivity contribution is -0.146. The number of nitrogens with zero attached hydrogens (tertiary/aromatic N) is 1. The van der Waals surface area contributed by atoms with Crippen LogP contribution in [0.1, 0.15) is 56.9 Å². The second kappa shape index (κ2) is 7.63. The monoisotopic (exact) mass is 430 g/mol. The van der Waals surface area contributed by atoms with Crippen molar-refractivity contribution in [3.8, 4) is 0 Å². The fourth-order valence-corrected chi connectivity index (χ4v) is 8.64. The number of hydrogen-bond acceptors (Lipinski definition) is 3. The Kier molecular flexibility index (Phi) is 5.21. The topological polar surface area (TPSA) is 66.5 Å². The van der Waals surface area contributed by atoms with Crippen LogP contribution in [0.3, 0.4) is 0 Å². The van der Waals surface area contributed by atoms with Gasteiger partial charge in [-0.05, 0) is 94.1 Å². The smallest absolute Gasteiger partial charge is 0.243 e. The summed E-state index contributed by atoms with van der Waals surface area (Å²) >= 11 is 0. The number of amides is 1. The highest BCUT2D eigenvalue weighted by Gasteiger charge is 2.54. The highest BCUT2D eigenvalue weighted by molar-refractivity contribution is 7.89. The molecule has 0 radical (unpaired) electrons. The van der Waals surface area contributed by atoms with E-state index in [2.05, 4.69) is 5.32 Å². The molecule has 4 aliphatic carbocycles. The lowest BCUT2D eigenvalue weighted by Gasteiger charge is -2.55. The van der Waals surface area contributed by atoms with Gasteiger partial charge in [0.1, 0.15) is 0 Å². The zero-order valence-electron chi connectivity index (χ0n) is 18.0. The minimum absolute atomic E-state index is 0.128. The third-order valence-corrected chi connectivity index (χ3v) is 10.1. The maximum absolute atomic E-state index is 13.2. The maximum Gasteiger partial charge on any atom is 0.243 e. The molecule has 30 heavy (non-hydrogen) atoms. The van der Waals surface area contributed by atoms with E-state index in [-0.39, 0.29) is 17.2 Å². The fourth-order valence-electron chi connectivity index (χ4n) is 7.08. The zero-order chi connectivity index (χ0) is 20.9. The Morgan fingerprint density at radius 3 is 2.27 bits per heavy atom. The molecule has 1 aromatic rings. The molecule has 5 nitrogen and oxygen atoms in total. The highest BCUT2D eigenvalue weighted by atomic mass is 32.2. The van der Waals surface area contributed by atoms with Crippen LogP contribution in [-0.2, 0) is 14.8 Å². The first-order valence-corrected chi connectivity index (χ1v) is 13.1. The summed E-state index contributed by atoms with van der Waals surface area (Å²) in [5.74, 6) is 2.71. The van der Waals surface area contributed by atoms with E-state index in [1.165, 1.54) is 19.3 Å². The van der Waals surface area contributed by atoms with Gasteiger partial charge < -0.3 is 5.32 Å². The van der Waals surface area contributed by atoms with Crippen molar-refractivity contribution in [1.29, 1.82) is 0 Å². The van der Waals surface area contributed by atoms with E-state index in [1.807, 2.05) is 19.1 Å². The Balaban J connectivity index is 1.21. The molecule has 1 heterocycles. The van der Waals surface area contributed by atoms with Gasteiger partial charge in [0, 0.05) is 25.0 Å². The number of aryl methyl sites for hydroxylation is 1. The summed E-state index contributed by atoms with van der Waals surface area (Å²) < 4.78 is 27.7. The molecule has 6 heteroatoms. The van der Waals surface area contributed by atoms with Gasteiger partial charge in [-0.25, -0.2) is 8.42 Å². The Hall–Kier alpha value is -1.40. The minimum Gasteiger partial charge on any atom is -0.355 e. The van der Waals surface area contributed by atoms with Crippen molar-refractivity contribution >= 4 is 15.9 Å². The van der Waals surface area contributed by atoms with Crippen LogP contribution in [-0.4, -0.2) is 38.3 Å². The molecule has 1 amide bonds. The molecule has 1 saturated heterocycles. The largest absolute Gasteiger partial charge is 0.355 e. The van der Waals surface area contributed by atoms with E-state index in [0.29, 0.717) is 24.5 Å². The van der Waals surface area contributed by atoms with Gasteiger partial charge in [0.15, 0.2) is 0 Å². The first kappa shape index (κ1) is 20.5. The van der Waals surface area contributed by atoms with Crippen molar-refractivity contribution in [1.82, 2.24) is 9.62 Å². The van der Waals surface area contributed by atoms with Gasteiger partial charge in [-0.3, -0.25) is 4.79 Å². The molecule has 1 aliphatic heterocycles. The van der Waals surface area contributed by atoms with Crippen LogP contribution in [0.15, 0.2) is 29.2 Å². The minimum atomic E-state index is -3.47. The van der Waals surface area contributed by atoms with Gasteiger partial charge in [-0.2, -0.15) is 4.31 Å². The quantitative estimate of drug-likeness (QED) is 0.774. The molecule has 0 spiro atoms. The third kappa shape index (κ3) is 3.70. The van der Waals surface area contributed by atoms with Gasteiger partial charge in [-0.1, -0.05) is 17.7 Å². The summed E-state index contributed by atoms with van der Waals surface area (Å²) in [4.78, 5) is 13.6. The summed E-state index contributed by atoms with van der Waals surface area (Å²) in [5, 5.41) is 3.27. The van der Waals surface area contributed by atoms with Gasteiger partial charge in [-0.15, -0.1) is 0 Å². The Bertz CT molecular complexity index is 874. The predicted octanol–water partition coefficient (Wildman–Crippen LogP) is 3.73. The van der Waals surface area contributed by atoms with E-state index >= 15 is 0 Å². The normalized spacial score (nSPS) is 36.0. The molecule has 5 fully saturated rings. The van der Waals surface area contributed by atoms with Gasteiger partial charge in [0.25, 0.3) is 0 Å². The molecule has 0 aromatic heterocycles. The number of carbonyl (C=O) groups excluding carboxylic acids is 1. The maximum atomic E-state index is 13.2. The number of rotatable bonds is 5. The molecule has 1 unspecified atom stereocenters. The molecular weight excluding hydrogens is 396 g/mol. The van der Waals surface area contributed by atoms with Crippen LogP contribution in [0.2, 0.25) is 0 Å². The van der Waals surface area contributed by atoms with E-state index in [1.54, 1.807) is 16.4 Å². The van der Waals surface area contributed by atoms with E-state index in [4.69, 9.17) is 0 Å². The number of carbonyl (C=O) groups is 1. The average Bonchev–Trinajstić information content (AvgIpc) is 2.71. The highest BCUT2D eigenvalue weighted by Crippen LogP contribution is 2.60. The van der Waals surface area contributed by atoms with Crippen molar-refractivity contribution in [2.45, 2.75) is 63.2 Å². The summed E-state index contributed by atoms with van der Waals surface area (Å²) in [6, 6.07) is 7.09. The Morgan fingerprint density at radius 1 is 1.07 bits per heavy atom. The Labute approximate surface area is 180 Å². The molecule has 164 valence electrons. The molecule has 4 bridgehead atoms. The van der Waals surface area contributed by atoms with Crippen molar-refractivity contribution in [3.63, 3.8) is 0 Å². The van der Waals surface area contributed by atoms with Crippen LogP contribution < -0.4 is 5.32 Å². The first-order chi connectivity index (χ1) is 14.3. The summed E-state index contributed by atoms with van der Waals surface area (Å²) in [5.41, 5.74) is 0.926. The number of sulfonamides is 1.